The molecule has 1 atom stereocenters. The van der Waals surface area contributed by atoms with Crippen molar-refractivity contribution in [1.29, 1.82) is 0 Å². The van der Waals surface area contributed by atoms with Crippen molar-refractivity contribution in [2.75, 3.05) is 0 Å². The lowest BCUT2D eigenvalue weighted by Gasteiger charge is -2.35. The lowest BCUT2D eigenvalue weighted by Crippen LogP contribution is -2.30. The first-order chi connectivity index (χ1) is 14.5. The Bertz CT molecular complexity index is 902. The predicted molar refractivity (Wildman–Crippen MR) is 135 cm³/mol. The maximum absolute atomic E-state index is 11.8. The van der Waals surface area contributed by atoms with E-state index in [1.165, 1.54) is 5.57 Å². The molecule has 0 saturated heterocycles. The highest BCUT2D eigenvalue weighted by atomic mass is 16.3. The maximum atomic E-state index is 11.8. The number of allylic oxidation sites excluding steroid dienone is 18. The summed E-state index contributed by atoms with van der Waals surface area (Å²) in [6.07, 6.45) is 26.6. The smallest absolute Gasteiger partial charge is 0.156 e. The van der Waals surface area contributed by atoms with Crippen molar-refractivity contribution in [3.63, 3.8) is 0 Å². The van der Waals surface area contributed by atoms with Crippen LogP contribution >= 0.6 is 0 Å². The molecule has 0 fully saturated rings. The Hall–Kier alpha value is -2.87. The first kappa shape index (κ1) is 26.2. The molecule has 0 aromatic carbocycles. The summed E-state index contributed by atoms with van der Waals surface area (Å²) in [5.74, 6) is 0.819. The van der Waals surface area contributed by atoms with Crippen LogP contribution < -0.4 is 0 Å². The molecule has 1 unspecified atom stereocenters. The molecule has 166 valence electrons. The zero-order valence-electron chi connectivity index (χ0n) is 20.1. The fourth-order valence-electron chi connectivity index (χ4n) is 3.50. The Morgan fingerprint density at radius 2 is 1.35 bits per heavy atom. The Morgan fingerprint density at radius 3 is 1.87 bits per heavy atom. The van der Waals surface area contributed by atoms with Crippen LogP contribution in [0.15, 0.2) is 107 Å². The number of hydrogen-bond acceptors (Lipinski definition) is 2. The second-order valence-corrected chi connectivity index (χ2v) is 9.00. The van der Waals surface area contributed by atoms with Gasteiger partial charge < -0.3 is 5.11 Å². The molecule has 1 N–H and O–H groups in total. The summed E-state index contributed by atoms with van der Waals surface area (Å²) in [6.45, 7) is 14.2. The van der Waals surface area contributed by atoms with E-state index in [0.29, 0.717) is 18.1 Å². The maximum Gasteiger partial charge on any atom is 0.156 e. The fraction of sp³-hybridized carbons (Fsp3) is 0.345. The average Bonchev–Trinajstić information content (AvgIpc) is 2.63. The van der Waals surface area contributed by atoms with Crippen LogP contribution in [0.4, 0.5) is 0 Å². The van der Waals surface area contributed by atoms with Gasteiger partial charge in [-0.2, -0.15) is 0 Å². The monoisotopic (exact) mass is 418 g/mol. The van der Waals surface area contributed by atoms with Gasteiger partial charge in [-0.3, -0.25) is 4.79 Å². The summed E-state index contributed by atoms with van der Waals surface area (Å²) in [5, 5.41) is 9.12. The quantitative estimate of drug-likeness (QED) is 0.319. The van der Waals surface area contributed by atoms with E-state index >= 15 is 0 Å². The third kappa shape index (κ3) is 10.6. The molecule has 0 amide bonds. The van der Waals surface area contributed by atoms with E-state index in [2.05, 4.69) is 71.1 Å². The molecule has 2 nitrogen and oxygen atoms in total. The van der Waals surface area contributed by atoms with Gasteiger partial charge in [0.1, 0.15) is 0 Å². The lowest BCUT2D eigenvalue weighted by molar-refractivity contribution is -0.117. The average molecular weight is 419 g/mol. The van der Waals surface area contributed by atoms with E-state index in [0.717, 1.165) is 16.7 Å². The lowest BCUT2D eigenvalue weighted by atomic mass is 9.68. The molecule has 0 radical (unpaired) electrons. The van der Waals surface area contributed by atoms with Crippen molar-refractivity contribution in [2.45, 2.75) is 54.9 Å². The molecular weight excluding hydrogens is 380 g/mol. The van der Waals surface area contributed by atoms with Gasteiger partial charge in [0.05, 0.1) is 5.76 Å². The minimum atomic E-state index is -0.0364. The summed E-state index contributed by atoms with van der Waals surface area (Å²) >= 11 is 0. The number of aliphatic hydroxyl groups excluding tert-OH is 1. The standard InChI is InChI=1S/C29H38O2/c1-22(12-8-9-13-23(2)16-11-17-26(5)30)14-10-15-24(3)18-19-28-25(4)20-27(31)21-29(28,6)7/h8-20,28,30H,21H2,1-7H3. The van der Waals surface area contributed by atoms with E-state index in [1.54, 1.807) is 19.1 Å². The second-order valence-electron chi connectivity index (χ2n) is 9.00. The Labute approximate surface area is 189 Å². The molecule has 0 aromatic rings. The summed E-state index contributed by atoms with van der Waals surface area (Å²) < 4.78 is 0. The largest absolute Gasteiger partial charge is 0.513 e. The van der Waals surface area contributed by atoms with E-state index in [9.17, 15) is 4.79 Å². The van der Waals surface area contributed by atoms with Gasteiger partial charge in [-0.25, -0.2) is 0 Å². The highest BCUT2D eigenvalue weighted by Crippen LogP contribution is 2.40. The van der Waals surface area contributed by atoms with Crippen molar-refractivity contribution >= 4 is 5.78 Å². The zero-order valence-corrected chi connectivity index (χ0v) is 20.1. The summed E-state index contributed by atoms with van der Waals surface area (Å²) in [4.78, 5) is 11.8. The van der Waals surface area contributed by atoms with Gasteiger partial charge in [-0.05, 0) is 52.2 Å². The van der Waals surface area contributed by atoms with E-state index in [4.69, 9.17) is 5.11 Å². The number of aliphatic hydroxyl groups is 1. The van der Waals surface area contributed by atoms with Gasteiger partial charge in [0.25, 0.3) is 0 Å². The normalized spacial score (nSPS) is 21.8. The minimum Gasteiger partial charge on any atom is -0.513 e. The third-order valence-corrected chi connectivity index (χ3v) is 5.15. The van der Waals surface area contributed by atoms with Crippen LogP contribution in [0.3, 0.4) is 0 Å². The molecule has 0 aromatic heterocycles. The molecule has 31 heavy (non-hydrogen) atoms. The van der Waals surface area contributed by atoms with Gasteiger partial charge >= 0.3 is 0 Å². The van der Waals surface area contributed by atoms with Crippen molar-refractivity contribution in [1.82, 2.24) is 0 Å². The van der Waals surface area contributed by atoms with Crippen molar-refractivity contribution in [2.24, 2.45) is 11.3 Å². The van der Waals surface area contributed by atoms with E-state index in [-0.39, 0.29) is 11.2 Å². The Kier molecular flexibility index (Phi) is 10.8. The first-order valence-corrected chi connectivity index (χ1v) is 10.8. The predicted octanol–water partition coefficient (Wildman–Crippen LogP) is 8.07. The Morgan fingerprint density at radius 1 is 0.871 bits per heavy atom. The fourth-order valence-corrected chi connectivity index (χ4v) is 3.50. The molecule has 1 aliphatic rings. The topological polar surface area (TPSA) is 37.3 Å². The third-order valence-electron chi connectivity index (χ3n) is 5.15. The molecule has 0 heterocycles. The van der Waals surface area contributed by atoms with Crippen molar-refractivity contribution in [3.05, 3.63) is 107 Å². The van der Waals surface area contributed by atoms with Crippen LogP contribution in [0.25, 0.3) is 0 Å². The van der Waals surface area contributed by atoms with E-state index < -0.39 is 0 Å². The molecule has 1 aliphatic carbocycles. The summed E-state index contributed by atoms with van der Waals surface area (Å²) in [7, 11) is 0. The minimum absolute atomic E-state index is 0.0364. The molecule has 0 spiro atoms. The van der Waals surface area contributed by atoms with Crippen LogP contribution in [-0.2, 0) is 4.79 Å². The van der Waals surface area contributed by atoms with Crippen molar-refractivity contribution < 1.29 is 9.90 Å². The van der Waals surface area contributed by atoms with Crippen LogP contribution in [0, 0.1) is 11.3 Å². The molecule has 1 rings (SSSR count). The number of ketones is 1. The molecule has 0 aliphatic heterocycles. The summed E-state index contributed by atoms with van der Waals surface area (Å²) in [5.41, 5.74) is 4.56. The van der Waals surface area contributed by atoms with Gasteiger partial charge in [0.2, 0.25) is 0 Å². The first-order valence-electron chi connectivity index (χ1n) is 10.8. The number of carbonyl (C=O) groups is 1. The molecule has 0 saturated carbocycles. The van der Waals surface area contributed by atoms with E-state index in [1.807, 2.05) is 37.3 Å². The SMILES string of the molecule is CC(O)=CC=CC(C)=CC=CC=C(C)C=CC=C(C)C=CC1C(C)=CC(=O)CC1(C)C. The second kappa shape index (κ2) is 12.7. The van der Waals surface area contributed by atoms with Crippen LogP contribution in [0.5, 0.6) is 0 Å². The van der Waals surface area contributed by atoms with Crippen LogP contribution in [-0.4, -0.2) is 10.9 Å². The van der Waals surface area contributed by atoms with Gasteiger partial charge in [0.15, 0.2) is 5.78 Å². The van der Waals surface area contributed by atoms with Crippen LogP contribution in [0.1, 0.15) is 54.9 Å². The number of hydrogen-bond donors (Lipinski definition) is 1. The highest BCUT2D eigenvalue weighted by molar-refractivity contribution is 5.92. The summed E-state index contributed by atoms with van der Waals surface area (Å²) in [6, 6.07) is 0. The van der Waals surface area contributed by atoms with Crippen LogP contribution in [0.2, 0.25) is 0 Å². The van der Waals surface area contributed by atoms with Gasteiger partial charge in [0, 0.05) is 12.3 Å². The highest BCUT2D eigenvalue weighted by Gasteiger charge is 2.34. The molecular formula is C29H38O2. The molecule has 0 bridgehead atoms. The number of rotatable bonds is 8. The Balaban J connectivity index is 2.67. The van der Waals surface area contributed by atoms with Gasteiger partial charge in [-0.15, -0.1) is 0 Å². The van der Waals surface area contributed by atoms with Gasteiger partial charge in [-0.1, -0.05) is 103 Å². The number of carbonyl (C=O) groups excluding carboxylic acids is 1. The zero-order chi connectivity index (χ0) is 23.4. The van der Waals surface area contributed by atoms with Crippen molar-refractivity contribution in [3.8, 4) is 0 Å². The molecule has 2 heteroatoms.